The number of hydrogen-bond acceptors (Lipinski definition) is 3. The van der Waals surface area contributed by atoms with Crippen molar-refractivity contribution in [1.82, 2.24) is 5.32 Å². The number of halogens is 2. The van der Waals surface area contributed by atoms with Crippen molar-refractivity contribution in [3.8, 4) is 0 Å². The van der Waals surface area contributed by atoms with E-state index >= 15 is 0 Å². The van der Waals surface area contributed by atoms with Gasteiger partial charge in [0.15, 0.2) is 0 Å². The second-order valence-electron chi connectivity index (χ2n) is 3.93. The molecule has 94 valence electrons. The molecule has 0 bridgehead atoms. The predicted molar refractivity (Wildman–Crippen MR) is 64.1 cm³/mol. The molecule has 0 radical (unpaired) electrons. The third kappa shape index (κ3) is 3.24. The predicted octanol–water partition coefficient (Wildman–Crippen LogP) is 1.06. The summed E-state index contributed by atoms with van der Waals surface area (Å²) < 4.78 is 13.8. The summed E-state index contributed by atoms with van der Waals surface area (Å²) in [5.74, 6) is -1.36. The number of aliphatic hydroxyl groups is 2. The zero-order chi connectivity index (χ0) is 13.1. The molecular formula is C11H13BrFNO3. The fourth-order valence-corrected chi connectivity index (χ4v) is 1.52. The normalized spacial score (nSPS) is 11.4. The maximum atomic E-state index is 13.6. The van der Waals surface area contributed by atoms with Crippen LogP contribution in [0.4, 0.5) is 4.39 Å². The lowest BCUT2D eigenvalue weighted by Crippen LogP contribution is -2.51. The van der Waals surface area contributed by atoms with Gasteiger partial charge in [0.05, 0.1) is 28.8 Å². The Morgan fingerprint density at radius 1 is 1.47 bits per heavy atom. The van der Waals surface area contributed by atoms with Crippen LogP contribution >= 0.6 is 15.9 Å². The first-order valence-electron chi connectivity index (χ1n) is 4.92. The van der Waals surface area contributed by atoms with Gasteiger partial charge in [0.1, 0.15) is 5.82 Å². The molecule has 0 unspecified atom stereocenters. The van der Waals surface area contributed by atoms with Crippen LogP contribution in [-0.2, 0) is 0 Å². The van der Waals surface area contributed by atoms with Crippen molar-refractivity contribution in [3.63, 3.8) is 0 Å². The van der Waals surface area contributed by atoms with Crippen LogP contribution in [0.5, 0.6) is 0 Å². The molecule has 1 amide bonds. The molecule has 17 heavy (non-hydrogen) atoms. The molecule has 0 saturated carbocycles. The molecule has 0 atom stereocenters. The summed E-state index contributed by atoms with van der Waals surface area (Å²) in [7, 11) is 0. The van der Waals surface area contributed by atoms with Gasteiger partial charge in [-0.2, -0.15) is 0 Å². The smallest absolute Gasteiger partial charge is 0.254 e. The summed E-state index contributed by atoms with van der Waals surface area (Å²) >= 11 is 2.97. The molecule has 0 fully saturated rings. The monoisotopic (exact) mass is 305 g/mol. The highest BCUT2D eigenvalue weighted by Gasteiger charge is 2.26. The first-order valence-corrected chi connectivity index (χ1v) is 5.71. The fourth-order valence-electron chi connectivity index (χ4n) is 1.15. The number of rotatable bonds is 4. The van der Waals surface area contributed by atoms with Crippen LogP contribution in [0, 0.1) is 5.82 Å². The molecule has 0 aliphatic carbocycles. The van der Waals surface area contributed by atoms with Gasteiger partial charge in [0.25, 0.3) is 5.91 Å². The van der Waals surface area contributed by atoms with E-state index in [2.05, 4.69) is 21.2 Å². The van der Waals surface area contributed by atoms with Crippen LogP contribution in [0.2, 0.25) is 0 Å². The zero-order valence-electron chi connectivity index (χ0n) is 9.20. The molecule has 0 saturated heterocycles. The fraction of sp³-hybridized carbons (Fsp3) is 0.364. The van der Waals surface area contributed by atoms with Crippen molar-refractivity contribution in [1.29, 1.82) is 0 Å². The Balaban J connectivity index is 2.94. The van der Waals surface area contributed by atoms with E-state index in [1.54, 1.807) is 0 Å². The molecule has 0 spiro atoms. The molecule has 0 aliphatic heterocycles. The third-order valence-corrected chi connectivity index (χ3v) is 2.92. The number of aliphatic hydroxyl groups excluding tert-OH is 2. The molecule has 6 heteroatoms. The van der Waals surface area contributed by atoms with Crippen molar-refractivity contribution >= 4 is 21.8 Å². The minimum absolute atomic E-state index is 0.146. The minimum atomic E-state index is -1.17. The maximum Gasteiger partial charge on any atom is 0.254 e. The molecule has 1 rings (SSSR count). The number of nitrogens with one attached hydrogen (secondary N) is 1. The largest absolute Gasteiger partial charge is 0.394 e. The Bertz CT molecular complexity index is 421. The van der Waals surface area contributed by atoms with Crippen LogP contribution in [0.1, 0.15) is 17.3 Å². The highest BCUT2D eigenvalue weighted by atomic mass is 79.9. The number of carbonyl (C=O) groups excluding carboxylic acids is 1. The minimum Gasteiger partial charge on any atom is -0.394 e. The van der Waals surface area contributed by atoms with E-state index in [0.717, 1.165) is 0 Å². The van der Waals surface area contributed by atoms with E-state index in [4.69, 9.17) is 10.2 Å². The summed E-state index contributed by atoms with van der Waals surface area (Å²) in [6, 6.07) is 4.32. The Labute approximate surface area is 107 Å². The first-order chi connectivity index (χ1) is 7.93. The summed E-state index contributed by atoms with van der Waals surface area (Å²) in [5, 5.41) is 20.4. The van der Waals surface area contributed by atoms with Crippen LogP contribution in [-0.4, -0.2) is 34.9 Å². The quantitative estimate of drug-likeness (QED) is 0.779. The summed E-state index contributed by atoms with van der Waals surface area (Å²) in [4.78, 5) is 11.8. The van der Waals surface area contributed by atoms with Crippen molar-refractivity contribution in [3.05, 3.63) is 34.1 Å². The molecule has 0 aromatic heterocycles. The van der Waals surface area contributed by atoms with Crippen LogP contribution < -0.4 is 5.32 Å². The van der Waals surface area contributed by atoms with Gasteiger partial charge >= 0.3 is 0 Å². The van der Waals surface area contributed by atoms with Gasteiger partial charge in [-0.1, -0.05) is 6.07 Å². The SMILES string of the molecule is CC(CO)(CO)NC(=O)c1cccc(Br)c1F. The van der Waals surface area contributed by atoms with E-state index < -0.39 is 30.5 Å². The van der Waals surface area contributed by atoms with Gasteiger partial charge in [-0.15, -0.1) is 0 Å². The molecule has 1 aromatic carbocycles. The maximum absolute atomic E-state index is 13.6. The van der Waals surface area contributed by atoms with E-state index in [1.165, 1.54) is 25.1 Å². The second-order valence-corrected chi connectivity index (χ2v) is 4.79. The number of carbonyl (C=O) groups is 1. The van der Waals surface area contributed by atoms with Crippen molar-refractivity contribution in [2.75, 3.05) is 13.2 Å². The summed E-state index contributed by atoms with van der Waals surface area (Å²) in [6.45, 7) is 0.580. The average molecular weight is 306 g/mol. The van der Waals surface area contributed by atoms with Gasteiger partial charge in [0.2, 0.25) is 0 Å². The van der Waals surface area contributed by atoms with Gasteiger partial charge in [-0.25, -0.2) is 4.39 Å². The van der Waals surface area contributed by atoms with Crippen LogP contribution in [0.25, 0.3) is 0 Å². The Hall–Kier alpha value is -0.980. The molecule has 3 N–H and O–H groups in total. The van der Waals surface area contributed by atoms with Gasteiger partial charge in [-0.05, 0) is 35.0 Å². The average Bonchev–Trinajstić information content (AvgIpc) is 2.32. The number of amides is 1. The standard InChI is InChI=1S/C11H13BrFNO3/c1-11(5-15,6-16)14-10(17)7-3-2-4-8(12)9(7)13/h2-4,15-16H,5-6H2,1H3,(H,14,17). The first kappa shape index (κ1) is 14.1. The highest BCUT2D eigenvalue weighted by molar-refractivity contribution is 9.10. The number of hydrogen-bond donors (Lipinski definition) is 3. The summed E-state index contributed by atoms with van der Waals surface area (Å²) in [5.41, 5.74) is -1.32. The number of benzene rings is 1. The third-order valence-electron chi connectivity index (χ3n) is 2.31. The lowest BCUT2D eigenvalue weighted by molar-refractivity contribution is 0.0720. The van der Waals surface area contributed by atoms with Crippen LogP contribution in [0.15, 0.2) is 22.7 Å². The summed E-state index contributed by atoms with van der Waals surface area (Å²) in [6.07, 6.45) is 0. The van der Waals surface area contributed by atoms with Crippen molar-refractivity contribution < 1.29 is 19.4 Å². The van der Waals surface area contributed by atoms with Gasteiger partial charge < -0.3 is 15.5 Å². The Morgan fingerprint density at radius 2 is 2.06 bits per heavy atom. The van der Waals surface area contributed by atoms with E-state index in [0.29, 0.717) is 0 Å². The lowest BCUT2D eigenvalue weighted by atomic mass is 10.0. The molecular weight excluding hydrogens is 293 g/mol. The molecule has 0 heterocycles. The van der Waals surface area contributed by atoms with E-state index in [-0.39, 0.29) is 10.0 Å². The molecule has 4 nitrogen and oxygen atoms in total. The van der Waals surface area contributed by atoms with E-state index in [1.807, 2.05) is 0 Å². The van der Waals surface area contributed by atoms with Crippen molar-refractivity contribution in [2.45, 2.75) is 12.5 Å². The topological polar surface area (TPSA) is 69.6 Å². The van der Waals surface area contributed by atoms with E-state index in [9.17, 15) is 9.18 Å². The second kappa shape index (κ2) is 5.57. The van der Waals surface area contributed by atoms with Crippen molar-refractivity contribution in [2.24, 2.45) is 0 Å². The lowest BCUT2D eigenvalue weighted by Gasteiger charge is -2.26. The molecule has 1 aromatic rings. The van der Waals surface area contributed by atoms with Crippen LogP contribution in [0.3, 0.4) is 0 Å². The highest BCUT2D eigenvalue weighted by Crippen LogP contribution is 2.19. The molecule has 0 aliphatic rings. The van der Waals surface area contributed by atoms with Gasteiger partial charge in [-0.3, -0.25) is 4.79 Å². The Morgan fingerprint density at radius 3 is 2.59 bits per heavy atom. The Kier molecular flexibility index (Phi) is 4.62. The van der Waals surface area contributed by atoms with Gasteiger partial charge in [0, 0.05) is 0 Å². The zero-order valence-corrected chi connectivity index (χ0v) is 10.8.